The number of hydrogen-bond donors (Lipinski definition) is 1. The van der Waals surface area contributed by atoms with Gasteiger partial charge in [0.1, 0.15) is 0 Å². The number of rotatable bonds is 3. The first-order chi connectivity index (χ1) is 11.1. The SMILES string of the molecule is Cn1cc2cc(N)c(N3CCC(O[Si](C)(C)C(C)(C)C)C3)nc2n1. The summed E-state index contributed by atoms with van der Waals surface area (Å²) in [5.74, 6) is 0.836. The standard InChI is InChI=1S/C17H29N5OSi/c1-17(2,3)24(5,6)23-13-7-8-22(11-13)16-14(18)9-12-10-21(4)20-15(12)19-16/h9-10,13H,7-8,11,18H2,1-6H3. The van der Waals surface area contributed by atoms with Crippen LogP contribution in [0.5, 0.6) is 0 Å². The van der Waals surface area contributed by atoms with E-state index in [1.54, 1.807) is 4.68 Å². The van der Waals surface area contributed by atoms with Gasteiger partial charge in [-0.05, 0) is 30.6 Å². The third-order valence-corrected chi connectivity index (χ3v) is 9.86. The van der Waals surface area contributed by atoms with Crippen molar-refractivity contribution in [2.45, 2.75) is 51.4 Å². The third-order valence-electron chi connectivity index (χ3n) is 5.33. The lowest BCUT2D eigenvalue weighted by Gasteiger charge is -2.38. The Morgan fingerprint density at radius 3 is 2.71 bits per heavy atom. The highest BCUT2D eigenvalue weighted by Gasteiger charge is 2.40. The monoisotopic (exact) mass is 347 g/mol. The first kappa shape index (κ1) is 17.2. The zero-order valence-corrected chi connectivity index (χ0v) is 16.6. The van der Waals surface area contributed by atoms with Gasteiger partial charge in [-0.25, -0.2) is 4.98 Å². The van der Waals surface area contributed by atoms with E-state index in [1.807, 2.05) is 19.3 Å². The van der Waals surface area contributed by atoms with Crippen molar-refractivity contribution in [2.75, 3.05) is 23.7 Å². The van der Waals surface area contributed by atoms with Gasteiger partial charge in [-0.15, -0.1) is 0 Å². The number of fused-ring (bicyclic) bond motifs is 1. The van der Waals surface area contributed by atoms with Crippen LogP contribution in [0.15, 0.2) is 12.3 Å². The van der Waals surface area contributed by atoms with E-state index in [0.717, 1.165) is 36.4 Å². The second-order valence-electron chi connectivity index (χ2n) is 8.35. The Morgan fingerprint density at radius 1 is 1.33 bits per heavy atom. The van der Waals surface area contributed by atoms with Crippen molar-refractivity contribution in [3.8, 4) is 0 Å². The quantitative estimate of drug-likeness (QED) is 0.864. The zero-order chi connectivity index (χ0) is 17.7. The number of pyridine rings is 1. The Labute approximate surface area is 145 Å². The normalized spacial score (nSPS) is 19.4. The second kappa shape index (κ2) is 5.74. The van der Waals surface area contributed by atoms with E-state index in [9.17, 15) is 0 Å². The van der Waals surface area contributed by atoms with Crippen molar-refractivity contribution >= 4 is 30.9 Å². The topological polar surface area (TPSA) is 69.2 Å². The Bertz CT molecular complexity index is 749. The van der Waals surface area contributed by atoms with E-state index < -0.39 is 8.32 Å². The number of aryl methyl sites for hydroxylation is 1. The molecular weight excluding hydrogens is 318 g/mol. The molecule has 1 aliphatic rings. The van der Waals surface area contributed by atoms with Crippen molar-refractivity contribution in [2.24, 2.45) is 7.05 Å². The molecule has 0 bridgehead atoms. The molecule has 1 saturated heterocycles. The summed E-state index contributed by atoms with van der Waals surface area (Å²) in [6.07, 6.45) is 3.22. The van der Waals surface area contributed by atoms with Crippen LogP contribution in [-0.2, 0) is 11.5 Å². The highest BCUT2D eigenvalue weighted by atomic mass is 28.4. The second-order valence-corrected chi connectivity index (χ2v) is 13.1. The Balaban J connectivity index is 1.77. The molecule has 0 amide bonds. The maximum absolute atomic E-state index is 6.56. The van der Waals surface area contributed by atoms with E-state index >= 15 is 0 Å². The largest absolute Gasteiger partial charge is 0.412 e. The molecular formula is C17H29N5OSi. The van der Waals surface area contributed by atoms with Crippen LogP contribution in [0, 0.1) is 0 Å². The predicted molar refractivity (Wildman–Crippen MR) is 102 cm³/mol. The number of nitrogen functional groups attached to an aromatic ring is 1. The van der Waals surface area contributed by atoms with Gasteiger partial charge in [-0.1, -0.05) is 20.8 Å². The molecule has 1 aliphatic heterocycles. The lowest BCUT2D eigenvalue weighted by molar-refractivity contribution is 0.202. The maximum atomic E-state index is 6.56. The molecule has 6 nitrogen and oxygen atoms in total. The predicted octanol–water partition coefficient (Wildman–Crippen LogP) is 3.15. The molecule has 0 radical (unpaired) electrons. The number of hydrogen-bond acceptors (Lipinski definition) is 5. The average molecular weight is 348 g/mol. The van der Waals surface area contributed by atoms with Crippen LogP contribution in [0.25, 0.3) is 11.0 Å². The van der Waals surface area contributed by atoms with Gasteiger partial charge in [0.25, 0.3) is 0 Å². The van der Waals surface area contributed by atoms with E-state index in [4.69, 9.17) is 10.2 Å². The minimum absolute atomic E-state index is 0.227. The fourth-order valence-corrected chi connectivity index (χ4v) is 4.32. The van der Waals surface area contributed by atoms with Crippen molar-refractivity contribution in [3.05, 3.63) is 12.3 Å². The van der Waals surface area contributed by atoms with Crippen LogP contribution < -0.4 is 10.6 Å². The Morgan fingerprint density at radius 2 is 2.04 bits per heavy atom. The molecule has 1 unspecified atom stereocenters. The van der Waals surface area contributed by atoms with Crippen LogP contribution in [0.1, 0.15) is 27.2 Å². The van der Waals surface area contributed by atoms with Gasteiger partial charge in [0.15, 0.2) is 19.8 Å². The van der Waals surface area contributed by atoms with Crippen LogP contribution in [-0.4, -0.2) is 42.3 Å². The molecule has 3 heterocycles. The molecule has 0 saturated carbocycles. The van der Waals surface area contributed by atoms with Gasteiger partial charge >= 0.3 is 0 Å². The van der Waals surface area contributed by atoms with Gasteiger partial charge in [-0.3, -0.25) is 4.68 Å². The van der Waals surface area contributed by atoms with Gasteiger partial charge in [0.2, 0.25) is 0 Å². The smallest absolute Gasteiger partial charge is 0.192 e. The highest BCUT2D eigenvalue weighted by molar-refractivity contribution is 6.74. The molecule has 1 atom stereocenters. The Kier molecular flexibility index (Phi) is 4.12. The van der Waals surface area contributed by atoms with E-state index in [2.05, 4.69) is 48.8 Å². The third kappa shape index (κ3) is 3.15. The molecule has 2 aromatic rings. The number of nitrogens with zero attached hydrogens (tertiary/aromatic N) is 4. The Hall–Kier alpha value is -1.60. The van der Waals surface area contributed by atoms with Crippen LogP contribution >= 0.6 is 0 Å². The summed E-state index contributed by atoms with van der Waals surface area (Å²) in [5.41, 5.74) is 7.70. The summed E-state index contributed by atoms with van der Waals surface area (Å²) >= 11 is 0. The molecule has 2 aromatic heterocycles. The molecule has 132 valence electrons. The first-order valence-corrected chi connectivity index (χ1v) is 11.5. The lowest BCUT2D eigenvalue weighted by Crippen LogP contribution is -2.44. The number of anilines is 2. The summed E-state index contributed by atoms with van der Waals surface area (Å²) in [7, 11) is 0.151. The van der Waals surface area contributed by atoms with Gasteiger partial charge in [0, 0.05) is 31.7 Å². The van der Waals surface area contributed by atoms with Gasteiger partial charge < -0.3 is 15.1 Å². The molecule has 7 heteroatoms. The lowest BCUT2D eigenvalue weighted by atomic mass is 10.2. The van der Waals surface area contributed by atoms with Crippen molar-refractivity contribution in [1.29, 1.82) is 0 Å². The minimum Gasteiger partial charge on any atom is -0.412 e. The summed E-state index contributed by atoms with van der Waals surface area (Å²) in [5, 5.41) is 5.60. The van der Waals surface area contributed by atoms with E-state index in [-0.39, 0.29) is 11.1 Å². The zero-order valence-electron chi connectivity index (χ0n) is 15.6. The molecule has 3 rings (SSSR count). The van der Waals surface area contributed by atoms with E-state index in [0.29, 0.717) is 5.69 Å². The molecule has 0 spiro atoms. The fraction of sp³-hybridized carbons (Fsp3) is 0.647. The summed E-state index contributed by atoms with van der Waals surface area (Å²) in [4.78, 5) is 6.92. The van der Waals surface area contributed by atoms with Crippen molar-refractivity contribution in [1.82, 2.24) is 14.8 Å². The van der Waals surface area contributed by atoms with Crippen LogP contribution in [0.3, 0.4) is 0 Å². The van der Waals surface area contributed by atoms with Gasteiger partial charge in [0.05, 0.1) is 11.8 Å². The van der Waals surface area contributed by atoms with Crippen LogP contribution in [0.4, 0.5) is 11.5 Å². The van der Waals surface area contributed by atoms with Crippen molar-refractivity contribution < 1.29 is 4.43 Å². The first-order valence-electron chi connectivity index (χ1n) is 8.59. The summed E-state index contributed by atoms with van der Waals surface area (Å²) in [6, 6.07) is 1.96. The minimum atomic E-state index is -1.75. The molecule has 24 heavy (non-hydrogen) atoms. The van der Waals surface area contributed by atoms with Gasteiger partial charge in [-0.2, -0.15) is 5.10 Å². The maximum Gasteiger partial charge on any atom is 0.192 e. The van der Waals surface area contributed by atoms with E-state index in [1.165, 1.54) is 0 Å². The molecule has 2 N–H and O–H groups in total. The summed E-state index contributed by atoms with van der Waals surface area (Å²) < 4.78 is 8.33. The molecule has 0 aromatic carbocycles. The molecule has 1 fully saturated rings. The molecule has 0 aliphatic carbocycles. The fourth-order valence-electron chi connectivity index (χ4n) is 2.94. The van der Waals surface area contributed by atoms with Crippen LogP contribution in [0.2, 0.25) is 18.1 Å². The highest BCUT2D eigenvalue weighted by Crippen LogP contribution is 2.39. The number of aromatic nitrogens is 3. The summed E-state index contributed by atoms with van der Waals surface area (Å²) in [6.45, 7) is 13.2. The number of nitrogens with two attached hydrogens (primary N) is 1. The van der Waals surface area contributed by atoms with Crippen molar-refractivity contribution in [3.63, 3.8) is 0 Å². The average Bonchev–Trinajstić information content (AvgIpc) is 3.01.